The molecule has 0 saturated carbocycles. The van der Waals surface area contributed by atoms with Gasteiger partial charge in [-0.2, -0.15) is 0 Å². The van der Waals surface area contributed by atoms with E-state index in [0.29, 0.717) is 9.41 Å². The first-order chi connectivity index (χ1) is 8.74. The van der Waals surface area contributed by atoms with Gasteiger partial charge in [-0.15, -0.1) is 0 Å². The summed E-state index contributed by atoms with van der Waals surface area (Å²) in [5.74, 6) is 0. The van der Waals surface area contributed by atoms with Gasteiger partial charge in [0.2, 0.25) is 0 Å². The van der Waals surface area contributed by atoms with Crippen molar-refractivity contribution in [2.75, 3.05) is 18.0 Å². The van der Waals surface area contributed by atoms with E-state index in [1.54, 1.807) is 0 Å². The van der Waals surface area contributed by atoms with E-state index in [1.807, 2.05) is 0 Å². The first-order valence-corrected chi connectivity index (χ1v) is 7.07. The summed E-state index contributed by atoms with van der Waals surface area (Å²) >= 11 is 10.4. The number of benzene rings is 1. The van der Waals surface area contributed by atoms with Crippen LogP contribution in [0.15, 0.2) is 18.2 Å². The molecule has 0 radical (unpaired) electrons. The lowest BCUT2D eigenvalue weighted by Gasteiger charge is -2.28. The first kappa shape index (κ1) is 11.9. The summed E-state index contributed by atoms with van der Waals surface area (Å²) in [7, 11) is 0. The van der Waals surface area contributed by atoms with Crippen LogP contribution >= 0.6 is 24.4 Å². The van der Waals surface area contributed by atoms with Crippen molar-refractivity contribution >= 4 is 41.0 Å². The number of rotatable bonds is 1. The van der Waals surface area contributed by atoms with Gasteiger partial charge in [0.25, 0.3) is 0 Å². The zero-order chi connectivity index (χ0) is 12.5. The number of aromatic amines is 2. The summed E-state index contributed by atoms with van der Waals surface area (Å²) in [4.78, 5) is 8.56. The number of hydrogen-bond donors (Lipinski definition) is 2. The second kappa shape index (κ2) is 4.82. The largest absolute Gasteiger partial charge is 0.372 e. The van der Waals surface area contributed by atoms with E-state index < -0.39 is 0 Å². The second-order valence-corrected chi connectivity index (χ2v) is 5.50. The lowest BCUT2D eigenvalue weighted by atomic mass is 10.1. The third kappa shape index (κ3) is 2.20. The first-order valence-electron chi connectivity index (χ1n) is 6.25. The van der Waals surface area contributed by atoms with Crippen LogP contribution in [0.3, 0.4) is 0 Å². The Morgan fingerprint density at radius 2 is 1.78 bits per heavy atom. The van der Waals surface area contributed by atoms with Crippen molar-refractivity contribution in [3.63, 3.8) is 0 Å². The average molecular weight is 277 g/mol. The van der Waals surface area contributed by atoms with Gasteiger partial charge in [-0.3, -0.25) is 0 Å². The second-order valence-electron chi connectivity index (χ2n) is 4.69. The zero-order valence-corrected chi connectivity index (χ0v) is 11.7. The van der Waals surface area contributed by atoms with Crippen LogP contribution in [-0.2, 0) is 0 Å². The van der Waals surface area contributed by atoms with Crippen molar-refractivity contribution in [2.45, 2.75) is 19.3 Å². The van der Waals surface area contributed by atoms with E-state index in [9.17, 15) is 0 Å². The Morgan fingerprint density at radius 1 is 1.00 bits per heavy atom. The Balaban J connectivity index is 2.10. The Kier molecular flexibility index (Phi) is 3.18. The summed E-state index contributed by atoms with van der Waals surface area (Å²) in [6.07, 6.45) is 3.90. The van der Waals surface area contributed by atoms with E-state index in [1.165, 1.54) is 24.9 Å². The van der Waals surface area contributed by atoms with Crippen molar-refractivity contribution < 1.29 is 0 Å². The minimum atomic E-state index is 0.582. The molecule has 3 nitrogen and oxygen atoms in total. The van der Waals surface area contributed by atoms with Crippen LogP contribution in [-0.4, -0.2) is 23.1 Å². The normalized spacial score (nSPS) is 16.1. The molecule has 3 rings (SSSR count). The highest BCUT2D eigenvalue weighted by Crippen LogP contribution is 2.24. The third-order valence-electron chi connectivity index (χ3n) is 3.44. The fourth-order valence-electron chi connectivity index (χ4n) is 2.50. The van der Waals surface area contributed by atoms with Crippen LogP contribution in [0.5, 0.6) is 0 Å². The van der Waals surface area contributed by atoms with Gasteiger partial charge in [-0.1, -0.05) is 12.2 Å². The van der Waals surface area contributed by atoms with Gasteiger partial charge >= 0.3 is 0 Å². The number of nitrogens with one attached hydrogen (secondary N) is 2. The average Bonchev–Trinajstić information content (AvgIpc) is 2.39. The SMILES string of the molecule is S=c1[nH]c(=S)c2cc(N3CCCCC3)ccc2[nH]1. The quantitative estimate of drug-likeness (QED) is 0.775. The molecule has 18 heavy (non-hydrogen) atoms. The molecule has 1 aromatic heterocycles. The van der Waals surface area contributed by atoms with Crippen LogP contribution in [0.2, 0.25) is 0 Å². The number of aromatic nitrogens is 2. The van der Waals surface area contributed by atoms with Gasteiger partial charge in [0.1, 0.15) is 4.64 Å². The van der Waals surface area contributed by atoms with Gasteiger partial charge in [0, 0.05) is 24.2 Å². The number of fused-ring (bicyclic) bond motifs is 1. The predicted molar refractivity (Wildman–Crippen MR) is 80.4 cm³/mol. The third-order valence-corrected chi connectivity index (χ3v) is 3.97. The van der Waals surface area contributed by atoms with Crippen LogP contribution in [0.4, 0.5) is 5.69 Å². The molecule has 1 saturated heterocycles. The molecule has 0 spiro atoms. The number of piperidine rings is 1. The maximum atomic E-state index is 5.34. The minimum absolute atomic E-state index is 0.582. The van der Waals surface area contributed by atoms with Gasteiger partial charge in [0.15, 0.2) is 4.77 Å². The van der Waals surface area contributed by atoms with Gasteiger partial charge in [0.05, 0.1) is 5.52 Å². The fourth-order valence-corrected chi connectivity index (χ4v) is 3.05. The van der Waals surface area contributed by atoms with Crippen LogP contribution in [0.25, 0.3) is 10.9 Å². The highest BCUT2D eigenvalue weighted by molar-refractivity contribution is 7.72. The highest BCUT2D eigenvalue weighted by atomic mass is 32.1. The predicted octanol–water partition coefficient (Wildman–Crippen LogP) is 3.95. The molecule has 0 unspecified atom stereocenters. The van der Waals surface area contributed by atoms with Gasteiger partial charge in [-0.25, -0.2) is 0 Å². The molecular formula is C13H15N3S2. The number of nitrogens with zero attached hydrogens (tertiary/aromatic N) is 1. The standard InChI is InChI=1S/C13H15N3S2/c17-12-10-8-9(16-6-2-1-3-7-16)4-5-11(10)14-13(18)15-12/h4-5,8H,1-3,6-7H2,(H2,14,15,17,18). The maximum absolute atomic E-state index is 5.34. The Labute approximate surface area is 116 Å². The van der Waals surface area contributed by atoms with Crippen LogP contribution < -0.4 is 4.90 Å². The topological polar surface area (TPSA) is 34.8 Å². The maximum Gasteiger partial charge on any atom is 0.175 e. The molecule has 2 aromatic rings. The Hall–Kier alpha value is -1.20. The molecule has 1 aliphatic rings. The molecule has 2 N–H and O–H groups in total. The molecular weight excluding hydrogens is 262 g/mol. The summed E-state index contributed by atoms with van der Waals surface area (Å²) in [5, 5.41) is 1.04. The van der Waals surface area contributed by atoms with Gasteiger partial charge in [-0.05, 0) is 49.7 Å². The van der Waals surface area contributed by atoms with E-state index in [0.717, 1.165) is 24.0 Å². The molecule has 5 heteroatoms. The summed E-state index contributed by atoms with van der Waals surface area (Å²) in [6, 6.07) is 6.37. The van der Waals surface area contributed by atoms with Crippen molar-refractivity contribution in [1.29, 1.82) is 0 Å². The number of H-pyrrole nitrogens is 2. The van der Waals surface area contributed by atoms with Crippen molar-refractivity contribution in [1.82, 2.24) is 9.97 Å². The van der Waals surface area contributed by atoms with E-state index in [-0.39, 0.29) is 0 Å². The van der Waals surface area contributed by atoms with Crippen LogP contribution in [0, 0.1) is 9.41 Å². The molecule has 2 heterocycles. The Morgan fingerprint density at radius 3 is 2.56 bits per heavy atom. The molecule has 0 amide bonds. The van der Waals surface area contributed by atoms with Crippen molar-refractivity contribution in [3.05, 3.63) is 27.6 Å². The molecule has 1 aliphatic heterocycles. The molecule has 0 aliphatic carbocycles. The molecule has 1 fully saturated rings. The molecule has 0 bridgehead atoms. The summed E-state index contributed by atoms with van der Waals surface area (Å²) in [6.45, 7) is 2.29. The lowest BCUT2D eigenvalue weighted by Crippen LogP contribution is -2.29. The van der Waals surface area contributed by atoms with Crippen molar-refractivity contribution in [3.8, 4) is 0 Å². The summed E-state index contributed by atoms with van der Waals surface area (Å²) in [5.41, 5.74) is 2.26. The smallest absolute Gasteiger partial charge is 0.175 e. The lowest BCUT2D eigenvalue weighted by molar-refractivity contribution is 0.578. The minimum Gasteiger partial charge on any atom is -0.372 e. The monoisotopic (exact) mass is 277 g/mol. The van der Waals surface area contributed by atoms with E-state index in [2.05, 4.69) is 33.1 Å². The molecule has 0 atom stereocenters. The van der Waals surface area contributed by atoms with E-state index >= 15 is 0 Å². The van der Waals surface area contributed by atoms with Crippen LogP contribution in [0.1, 0.15) is 19.3 Å². The Bertz CT molecular complexity index is 680. The van der Waals surface area contributed by atoms with E-state index in [4.69, 9.17) is 24.4 Å². The summed E-state index contributed by atoms with van der Waals surface area (Å²) < 4.78 is 1.30. The fraction of sp³-hybridized carbons (Fsp3) is 0.385. The zero-order valence-electron chi connectivity index (χ0n) is 10.0. The number of anilines is 1. The highest BCUT2D eigenvalue weighted by Gasteiger charge is 2.11. The number of hydrogen-bond acceptors (Lipinski definition) is 3. The molecule has 94 valence electrons. The molecule has 1 aromatic carbocycles. The van der Waals surface area contributed by atoms with Gasteiger partial charge < -0.3 is 14.9 Å². The van der Waals surface area contributed by atoms with Crippen molar-refractivity contribution in [2.24, 2.45) is 0 Å².